The van der Waals surface area contributed by atoms with Gasteiger partial charge in [-0.15, -0.1) is 0 Å². The minimum absolute atomic E-state index is 0.105. The van der Waals surface area contributed by atoms with Gasteiger partial charge in [-0.2, -0.15) is 0 Å². The van der Waals surface area contributed by atoms with Crippen LogP contribution in [0.1, 0.15) is 0 Å². The lowest BCUT2D eigenvalue weighted by Gasteiger charge is -2.12. The number of nitrogens with zero attached hydrogens (tertiary/aromatic N) is 1. The molecule has 76 valence electrons. The van der Waals surface area contributed by atoms with Crippen molar-refractivity contribution in [1.29, 1.82) is 0 Å². The zero-order valence-corrected chi connectivity index (χ0v) is 8.65. The van der Waals surface area contributed by atoms with Gasteiger partial charge in [0.2, 0.25) is 0 Å². The molecule has 1 heterocycles. The molecule has 0 saturated carbocycles. The smallest absolute Gasteiger partial charge is 0.0840 e. The molecule has 1 aliphatic heterocycles. The predicted octanol–water partition coefficient (Wildman–Crippen LogP) is 0.698. The Hall–Kier alpha value is -0.550. The van der Waals surface area contributed by atoms with Crippen LogP contribution in [0.15, 0.2) is 35.2 Å². The Balaban J connectivity index is 1.94. The number of aliphatic hydroxyl groups excluding tert-OH is 1. The lowest BCUT2D eigenvalue weighted by atomic mass is 10.2. The van der Waals surface area contributed by atoms with E-state index in [1.54, 1.807) is 11.9 Å². The summed E-state index contributed by atoms with van der Waals surface area (Å²) in [5, 5.41) is 9.47. The fraction of sp³-hybridized carbons (Fsp3) is 0.400. The summed E-state index contributed by atoms with van der Waals surface area (Å²) in [5.74, 6) is 0. The Bertz CT molecular complexity index is 283. The van der Waals surface area contributed by atoms with Gasteiger partial charge < -0.3 is 10.8 Å². The minimum Gasteiger partial charge on any atom is -0.390 e. The molecule has 1 aromatic rings. The molecule has 0 aliphatic carbocycles. The molecule has 3 nitrogen and oxygen atoms in total. The van der Waals surface area contributed by atoms with E-state index in [4.69, 9.17) is 5.73 Å². The number of benzene rings is 1. The SMILES string of the molecule is NC1CN(Sc2ccccc2)CC1O. The standard InChI is InChI=1S/C10H14N2OS/c11-9-6-12(7-10(9)13)14-8-4-2-1-3-5-8/h1-5,9-10,13H,6-7,11H2. The number of aliphatic hydroxyl groups is 1. The molecule has 4 heteroatoms. The summed E-state index contributed by atoms with van der Waals surface area (Å²) >= 11 is 1.65. The van der Waals surface area contributed by atoms with Gasteiger partial charge in [0.25, 0.3) is 0 Å². The molecule has 1 aromatic carbocycles. The average Bonchev–Trinajstić information content (AvgIpc) is 2.47. The fourth-order valence-electron chi connectivity index (χ4n) is 1.48. The van der Waals surface area contributed by atoms with Crippen molar-refractivity contribution in [2.45, 2.75) is 17.0 Å². The van der Waals surface area contributed by atoms with Crippen LogP contribution in [0.2, 0.25) is 0 Å². The molecule has 0 bridgehead atoms. The van der Waals surface area contributed by atoms with E-state index in [2.05, 4.69) is 16.4 Å². The molecule has 14 heavy (non-hydrogen) atoms. The maximum atomic E-state index is 9.47. The van der Waals surface area contributed by atoms with Crippen LogP contribution in [0.5, 0.6) is 0 Å². The molecule has 3 N–H and O–H groups in total. The first-order chi connectivity index (χ1) is 6.75. The van der Waals surface area contributed by atoms with Crippen LogP contribution < -0.4 is 5.73 Å². The van der Waals surface area contributed by atoms with E-state index in [0.717, 1.165) is 6.54 Å². The van der Waals surface area contributed by atoms with E-state index in [1.165, 1.54) is 4.90 Å². The second kappa shape index (κ2) is 4.31. The van der Waals surface area contributed by atoms with Gasteiger partial charge in [-0.25, -0.2) is 4.31 Å². The molecule has 0 aromatic heterocycles. The topological polar surface area (TPSA) is 49.5 Å². The fourth-order valence-corrected chi connectivity index (χ4v) is 2.53. The van der Waals surface area contributed by atoms with E-state index in [1.807, 2.05) is 18.2 Å². The highest BCUT2D eigenvalue weighted by Crippen LogP contribution is 2.25. The van der Waals surface area contributed by atoms with Gasteiger partial charge in [0.1, 0.15) is 0 Å². The molecule has 0 spiro atoms. The summed E-state index contributed by atoms with van der Waals surface area (Å²) in [6.07, 6.45) is -0.383. The van der Waals surface area contributed by atoms with Crippen LogP contribution in [0, 0.1) is 0 Å². The first-order valence-corrected chi connectivity index (χ1v) is 5.44. The van der Waals surface area contributed by atoms with E-state index in [-0.39, 0.29) is 12.1 Å². The highest BCUT2D eigenvalue weighted by molar-refractivity contribution is 7.97. The third-order valence-corrected chi connectivity index (χ3v) is 3.32. The number of nitrogens with two attached hydrogens (primary N) is 1. The van der Waals surface area contributed by atoms with E-state index >= 15 is 0 Å². The van der Waals surface area contributed by atoms with Gasteiger partial charge in [0.05, 0.1) is 6.10 Å². The van der Waals surface area contributed by atoms with Crippen LogP contribution in [0.4, 0.5) is 0 Å². The van der Waals surface area contributed by atoms with Crippen molar-refractivity contribution in [3.8, 4) is 0 Å². The molecule has 1 fully saturated rings. The lowest BCUT2D eigenvalue weighted by molar-refractivity contribution is 0.175. The number of rotatable bonds is 2. The predicted molar refractivity (Wildman–Crippen MR) is 57.9 cm³/mol. The van der Waals surface area contributed by atoms with Crippen molar-refractivity contribution in [1.82, 2.24) is 4.31 Å². The van der Waals surface area contributed by atoms with Crippen LogP contribution in [0.25, 0.3) is 0 Å². The van der Waals surface area contributed by atoms with Crippen LogP contribution in [-0.2, 0) is 0 Å². The molecule has 0 radical (unpaired) electrons. The summed E-state index contributed by atoms with van der Waals surface area (Å²) in [6.45, 7) is 1.40. The summed E-state index contributed by atoms with van der Waals surface area (Å²) in [4.78, 5) is 1.19. The van der Waals surface area contributed by atoms with Crippen molar-refractivity contribution in [2.24, 2.45) is 5.73 Å². The number of hydrogen-bond donors (Lipinski definition) is 2. The van der Waals surface area contributed by atoms with Crippen LogP contribution in [-0.4, -0.2) is 34.6 Å². The molecule has 2 atom stereocenters. The number of hydrogen-bond acceptors (Lipinski definition) is 4. The second-order valence-electron chi connectivity index (χ2n) is 3.48. The second-order valence-corrected chi connectivity index (χ2v) is 4.65. The highest BCUT2D eigenvalue weighted by Gasteiger charge is 2.28. The monoisotopic (exact) mass is 210 g/mol. The Morgan fingerprint density at radius 2 is 2.00 bits per heavy atom. The summed E-state index contributed by atoms with van der Waals surface area (Å²) in [5.41, 5.74) is 5.72. The Labute approximate surface area is 88.0 Å². The maximum absolute atomic E-state index is 9.47. The molecular formula is C10H14N2OS. The molecule has 0 amide bonds. The van der Waals surface area contributed by atoms with Crippen LogP contribution >= 0.6 is 11.9 Å². The van der Waals surface area contributed by atoms with Gasteiger partial charge in [-0.1, -0.05) is 18.2 Å². The van der Waals surface area contributed by atoms with Gasteiger partial charge in [0, 0.05) is 24.0 Å². The summed E-state index contributed by atoms with van der Waals surface area (Å²) in [7, 11) is 0. The van der Waals surface area contributed by atoms with Crippen molar-refractivity contribution in [3.05, 3.63) is 30.3 Å². The summed E-state index contributed by atoms with van der Waals surface area (Å²) < 4.78 is 2.10. The largest absolute Gasteiger partial charge is 0.390 e. The number of β-amino-alcohol motifs (C(OH)–C–C–N with tert-alkyl or cyclic N) is 1. The van der Waals surface area contributed by atoms with Gasteiger partial charge in [0.15, 0.2) is 0 Å². The van der Waals surface area contributed by atoms with Crippen molar-refractivity contribution < 1.29 is 5.11 Å². The third kappa shape index (κ3) is 2.27. The Kier molecular flexibility index (Phi) is 3.08. The molecule has 2 unspecified atom stereocenters. The van der Waals surface area contributed by atoms with Gasteiger partial charge in [-0.3, -0.25) is 0 Å². The zero-order valence-electron chi connectivity index (χ0n) is 7.84. The van der Waals surface area contributed by atoms with E-state index < -0.39 is 0 Å². The van der Waals surface area contributed by atoms with E-state index in [0.29, 0.717) is 6.54 Å². The first kappa shape index (κ1) is 9.98. The van der Waals surface area contributed by atoms with Gasteiger partial charge >= 0.3 is 0 Å². The lowest BCUT2D eigenvalue weighted by Crippen LogP contribution is -2.32. The van der Waals surface area contributed by atoms with Crippen molar-refractivity contribution >= 4 is 11.9 Å². The normalized spacial score (nSPS) is 28.1. The molecule has 2 rings (SSSR count). The first-order valence-electron chi connectivity index (χ1n) is 4.67. The Morgan fingerprint density at radius 1 is 1.29 bits per heavy atom. The quantitative estimate of drug-likeness (QED) is 0.705. The van der Waals surface area contributed by atoms with Crippen molar-refractivity contribution in [3.63, 3.8) is 0 Å². The highest BCUT2D eigenvalue weighted by atomic mass is 32.2. The van der Waals surface area contributed by atoms with E-state index in [9.17, 15) is 5.11 Å². The van der Waals surface area contributed by atoms with Gasteiger partial charge in [-0.05, 0) is 24.1 Å². The molecular weight excluding hydrogens is 196 g/mol. The maximum Gasteiger partial charge on any atom is 0.0840 e. The average molecular weight is 210 g/mol. The Morgan fingerprint density at radius 3 is 2.57 bits per heavy atom. The van der Waals surface area contributed by atoms with Crippen LogP contribution in [0.3, 0.4) is 0 Å². The molecule has 1 aliphatic rings. The minimum atomic E-state index is -0.383. The molecule has 1 saturated heterocycles. The third-order valence-electron chi connectivity index (χ3n) is 2.28. The zero-order chi connectivity index (χ0) is 9.97. The van der Waals surface area contributed by atoms with Crippen molar-refractivity contribution in [2.75, 3.05) is 13.1 Å². The summed E-state index contributed by atoms with van der Waals surface area (Å²) in [6, 6.07) is 10.0.